The smallest absolute Gasteiger partial charge is 0.335 e. The van der Waals surface area contributed by atoms with Gasteiger partial charge in [-0.2, -0.15) is 0 Å². The molecule has 27 heteroatoms. The van der Waals surface area contributed by atoms with Gasteiger partial charge in [0, 0.05) is 34.8 Å². The second kappa shape index (κ2) is 23.4. The first kappa shape index (κ1) is 66.7. The molecule has 16 N–H and O–H groups in total. The number of fused-ring (bicyclic) bond motifs is 4. The molecule has 0 radical (unpaired) electrons. The minimum atomic E-state index is -2.27. The molecule has 0 aromatic carbocycles. The molecule has 0 aromatic heterocycles. The van der Waals surface area contributed by atoms with E-state index < -0.39 is 223 Å². The topological polar surface area (TPSA) is 441 Å². The maximum Gasteiger partial charge on any atom is 0.335 e. The molecule has 6 aliphatic carbocycles. The van der Waals surface area contributed by atoms with Crippen LogP contribution in [0.2, 0.25) is 0 Å². The highest BCUT2D eigenvalue weighted by Gasteiger charge is 2.85. The van der Waals surface area contributed by atoms with E-state index in [1.54, 1.807) is 19.9 Å². The van der Waals surface area contributed by atoms with Crippen molar-refractivity contribution < 1.29 is 134 Å². The highest BCUT2D eigenvalue weighted by molar-refractivity contribution is 5.87. The molecular formula is C59H94O27. The zero-order valence-corrected chi connectivity index (χ0v) is 50.2. The van der Waals surface area contributed by atoms with Gasteiger partial charge in [-0.05, 0) is 99.7 Å². The van der Waals surface area contributed by atoms with Gasteiger partial charge in [0.05, 0.1) is 42.0 Å². The molecule has 10 aliphatic rings. The van der Waals surface area contributed by atoms with Gasteiger partial charge < -0.3 is 124 Å². The van der Waals surface area contributed by atoms with Gasteiger partial charge in [0.2, 0.25) is 0 Å². The molecule has 1 spiro atoms. The molecule has 4 aliphatic heterocycles. The molecule has 33 atom stereocenters. The van der Waals surface area contributed by atoms with Crippen LogP contribution in [-0.2, 0) is 52.2 Å². The summed E-state index contributed by atoms with van der Waals surface area (Å²) < 4.78 is 56.0. The minimum Gasteiger partial charge on any atom is -0.479 e. The zero-order valence-electron chi connectivity index (χ0n) is 50.2. The summed E-state index contributed by atoms with van der Waals surface area (Å²) in [5, 5.41) is 179. The number of hydrogen-bond donors (Lipinski definition) is 16. The first-order valence-corrected chi connectivity index (χ1v) is 30.5. The van der Waals surface area contributed by atoms with Crippen molar-refractivity contribution in [1.29, 1.82) is 0 Å². The summed E-state index contributed by atoms with van der Waals surface area (Å²) in [5.41, 5.74) is -5.63. The van der Waals surface area contributed by atoms with Crippen molar-refractivity contribution in [3.05, 3.63) is 11.6 Å². The summed E-state index contributed by atoms with van der Waals surface area (Å²) in [6, 6.07) is 0. The third-order valence-electron chi connectivity index (χ3n) is 24.0. The molecule has 86 heavy (non-hydrogen) atoms. The summed E-state index contributed by atoms with van der Waals surface area (Å²) in [7, 11) is 0. The molecule has 4 saturated heterocycles. The number of hydrogen-bond acceptors (Lipinski definition) is 26. The second-order valence-corrected chi connectivity index (χ2v) is 28.8. The van der Waals surface area contributed by atoms with Gasteiger partial charge in [0.1, 0.15) is 85.5 Å². The minimum absolute atomic E-state index is 0.0240. The van der Waals surface area contributed by atoms with Gasteiger partial charge in [-0.25, -0.2) is 9.59 Å². The zero-order chi connectivity index (χ0) is 63.2. The van der Waals surface area contributed by atoms with Crippen LogP contribution in [0.1, 0.15) is 120 Å². The van der Waals surface area contributed by atoms with Crippen LogP contribution in [0.25, 0.3) is 0 Å². The van der Waals surface area contributed by atoms with E-state index in [9.17, 15) is 91.3 Å². The maximum atomic E-state index is 13.3. The average Bonchev–Trinajstić information content (AvgIpc) is 1.34. The lowest BCUT2D eigenvalue weighted by molar-refractivity contribution is -0.404. The number of carbonyl (C=O) groups excluding carboxylic acids is 1. The van der Waals surface area contributed by atoms with Crippen molar-refractivity contribution >= 4 is 11.9 Å². The number of aliphatic hydroxyl groups is 15. The number of carboxylic acids is 1. The van der Waals surface area contributed by atoms with Crippen molar-refractivity contribution in [2.45, 2.75) is 273 Å². The fourth-order valence-electron chi connectivity index (χ4n) is 19.0. The summed E-state index contributed by atoms with van der Waals surface area (Å²) in [5.74, 6) is -4.11. The van der Waals surface area contributed by atoms with Crippen LogP contribution in [0.3, 0.4) is 0 Å². The van der Waals surface area contributed by atoms with E-state index in [0.29, 0.717) is 50.5 Å². The summed E-state index contributed by atoms with van der Waals surface area (Å²) in [6.45, 7) is 16.2. The van der Waals surface area contributed by atoms with E-state index in [0.717, 1.165) is 0 Å². The Hall–Kier alpha value is -2.24. The Kier molecular flexibility index (Phi) is 18.1. The van der Waals surface area contributed by atoms with E-state index in [1.807, 2.05) is 27.7 Å². The molecule has 4 heterocycles. The lowest BCUT2D eigenvalue weighted by Gasteiger charge is -2.75. The van der Waals surface area contributed by atoms with Crippen LogP contribution < -0.4 is 0 Å². The molecule has 33 unspecified atom stereocenters. The van der Waals surface area contributed by atoms with Gasteiger partial charge in [0.25, 0.3) is 0 Å². The molecule has 0 aromatic rings. The van der Waals surface area contributed by atoms with Crippen LogP contribution in [-0.4, -0.2) is 260 Å². The first-order chi connectivity index (χ1) is 40.1. The van der Waals surface area contributed by atoms with E-state index in [-0.39, 0.29) is 24.7 Å². The monoisotopic (exact) mass is 1230 g/mol. The van der Waals surface area contributed by atoms with Crippen molar-refractivity contribution in [2.75, 3.05) is 13.2 Å². The number of esters is 1. The largest absolute Gasteiger partial charge is 0.479 e. The Labute approximate surface area is 498 Å². The fraction of sp³-hybridized carbons (Fsp3) is 0.932. The van der Waals surface area contributed by atoms with Crippen molar-refractivity contribution in [3.63, 3.8) is 0 Å². The number of carboxylic acid groups (broad SMARTS) is 1. The molecule has 2 bridgehead atoms. The lowest BCUT2D eigenvalue weighted by Crippen LogP contribution is -2.77. The fourth-order valence-corrected chi connectivity index (χ4v) is 19.0. The number of carbonyl (C=O) groups is 2. The molecular weight excluding hydrogens is 1140 g/mol. The Balaban J connectivity index is 0.963. The van der Waals surface area contributed by atoms with Crippen molar-refractivity contribution in [1.82, 2.24) is 0 Å². The van der Waals surface area contributed by atoms with Crippen LogP contribution in [0.5, 0.6) is 0 Å². The SMILES string of the molecule is CC=C(C)C(=O)OC1C(O)C23C(O)CC4(C)C5(C)CCC6C(C)(C)C(OC7OC(C(=O)O)C(O)C(OC8OC(CO)C(O)C(O)C8OC8OC(O)C(O)C(O)C8O)C7OC7CC(CO)C(O)C(O)C7O)CCC6(C)C5CCC4(OC2O)C3CC1(C)C. The van der Waals surface area contributed by atoms with Crippen molar-refractivity contribution in [2.24, 2.45) is 56.2 Å². The Morgan fingerprint density at radius 3 is 1.88 bits per heavy atom. The quantitative estimate of drug-likeness (QED) is 0.0501. The molecule has 492 valence electrons. The Bertz CT molecular complexity index is 2500. The summed E-state index contributed by atoms with van der Waals surface area (Å²) >= 11 is 0. The predicted molar refractivity (Wildman–Crippen MR) is 288 cm³/mol. The average molecular weight is 1240 g/mol. The highest BCUT2D eigenvalue weighted by Crippen LogP contribution is 2.81. The Morgan fingerprint density at radius 1 is 0.605 bits per heavy atom. The predicted octanol–water partition coefficient (Wildman–Crippen LogP) is -2.86. The number of aliphatic hydroxyl groups excluding tert-OH is 15. The first-order valence-electron chi connectivity index (χ1n) is 30.5. The number of ether oxygens (including phenoxy) is 9. The summed E-state index contributed by atoms with van der Waals surface area (Å²) in [6.07, 6.45) is -38.8. The molecule has 27 nitrogen and oxygen atoms in total. The number of rotatable bonds is 13. The van der Waals surface area contributed by atoms with Crippen LogP contribution in [0.15, 0.2) is 11.6 Å². The molecule has 10 rings (SSSR count). The van der Waals surface area contributed by atoms with Crippen molar-refractivity contribution in [3.8, 4) is 0 Å². The van der Waals surface area contributed by atoms with Crippen LogP contribution in [0, 0.1) is 56.2 Å². The van der Waals surface area contributed by atoms with E-state index in [4.69, 9.17) is 42.6 Å². The third kappa shape index (κ3) is 9.84. The van der Waals surface area contributed by atoms with Gasteiger partial charge in [-0.3, -0.25) is 0 Å². The number of aliphatic carboxylic acids is 1. The van der Waals surface area contributed by atoms with E-state index >= 15 is 0 Å². The highest BCUT2D eigenvalue weighted by atomic mass is 16.8. The van der Waals surface area contributed by atoms with E-state index in [1.165, 1.54) is 0 Å². The molecule has 10 fully saturated rings. The van der Waals surface area contributed by atoms with Crippen LogP contribution >= 0.6 is 0 Å². The second-order valence-electron chi connectivity index (χ2n) is 28.8. The van der Waals surface area contributed by atoms with Crippen LogP contribution in [0.4, 0.5) is 0 Å². The Morgan fingerprint density at radius 2 is 1.24 bits per heavy atom. The molecule has 6 saturated carbocycles. The summed E-state index contributed by atoms with van der Waals surface area (Å²) in [4.78, 5) is 26.5. The third-order valence-corrected chi connectivity index (χ3v) is 24.0. The van der Waals surface area contributed by atoms with E-state index in [2.05, 4.69) is 20.8 Å². The lowest BCUT2D eigenvalue weighted by atomic mass is 9.30. The van der Waals surface area contributed by atoms with Gasteiger partial charge in [-0.1, -0.05) is 54.5 Å². The normalized spacial score (nSPS) is 55.0. The van der Waals surface area contributed by atoms with Gasteiger partial charge >= 0.3 is 11.9 Å². The van der Waals surface area contributed by atoms with Gasteiger partial charge in [-0.15, -0.1) is 0 Å². The van der Waals surface area contributed by atoms with Gasteiger partial charge in [0.15, 0.2) is 37.6 Å². The standard InChI is InChI=1S/C59H94O27/c1-10-22(2)47(75)84-45-44(72)59-28(18-53(45,3)4)58(86-52(59)77)16-12-27-55(7)14-13-30(54(5,6)26(55)11-15-56(27,8)57(58,9)19-29(59)62)80-51-43(78-24-17-23(20-60)31(63)34(66)32(24)64)40(39(71)41(82-51)46(73)74)81-50-42(36(68)33(65)25(21-61)79-50)83-49-38(70)35(67)37(69)48(76)85-49/h10,23-45,48-52,60-72,76-77H,11-21H2,1-9H3,(H,73,74). The maximum absolute atomic E-state index is 13.3. The molecule has 0 amide bonds. The number of allylic oxidation sites excluding steroid dienone is 1.